The molecule has 5 heteroatoms. The fraction of sp³-hybridized carbons (Fsp3) is 0. The lowest BCUT2D eigenvalue weighted by Crippen LogP contribution is -2.12. The predicted octanol–water partition coefficient (Wildman–Crippen LogP) is 3.64. The lowest BCUT2D eigenvalue weighted by Gasteiger charge is -2.04. The number of hydrogen-bond donors (Lipinski definition) is 2. The number of carbonyl (C=O) groups excluding carboxylic acids is 1. The highest BCUT2D eigenvalue weighted by Gasteiger charge is 2.08. The average Bonchev–Trinajstić information content (AvgIpc) is 2.93. The second-order valence-corrected chi connectivity index (χ2v) is 5.36. The molecule has 0 spiro atoms. The average molecular weight is 295 g/mol. The zero-order valence-corrected chi connectivity index (χ0v) is 11.9. The summed E-state index contributed by atoms with van der Waals surface area (Å²) in [5.74, 6) is 0.287. The monoisotopic (exact) mass is 295 g/mol. The molecule has 21 heavy (non-hydrogen) atoms. The molecule has 1 amide bonds. The summed E-state index contributed by atoms with van der Waals surface area (Å²) in [4.78, 5) is 16.1. The van der Waals surface area contributed by atoms with Gasteiger partial charge < -0.3 is 11.1 Å². The van der Waals surface area contributed by atoms with Gasteiger partial charge in [-0.2, -0.15) is 0 Å². The predicted molar refractivity (Wildman–Crippen MR) is 86.4 cm³/mol. The number of hydrogen-bond acceptors (Lipinski definition) is 4. The summed E-state index contributed by atoms with van der Waals surface area (Å²) in [6.45, 7) is 0. The topological polar surface area (TPSA) is 68.0 Å². The van der Waals surface area contributed by atoms with Gasteiger partial charge in [0.1, 0.15) is 5.82 Å². The number of anilines is 2. The van der Waals surface area contributed by atoms with Gasteiger partial charge in [0.25, 0.3) is 5.91 Å². The summed E-state index contributed by atoms with van der Waals surface area (Å²) in [6, 6.07) is 17.5. The molecule has 0 radical (unpaired) electrons. The van der Waals surface area contributed by atoms with Gasteiger partial charge in [-0.15, -0.1) is 11.3 Å². The third-order valence-electron chi connectivity index (χ3n) is 3.02. The molecule has 1 heterocycles. The van der Waals surface area contributed by atoms with Crippen molar-refractivity contribution in [3.63, 3.8) is 0 Å². The molecule has 2 aromatic carbocycles. The first-order valence-electron chi connectivity index (χ1n) is 6.40. The standard InChI is InChI=1S/C16H13N3OS/c17-16-19-14(10-21-16)18-15(20)13-8-6-12(7-9-13)11-4-2-1-3-5-11/h1-10H,(H2,17,19)(H,18,20). The molecule has 0 bridgehead atoms. The number of amides is 1. The van der Waals surface area contributed by atoms with Crippen LogP contribution >= 0.6 is 11.3 Å². The number of thiazole rings is 1. The number of carbonyl (C=O) groups is 1. The first kappa shape index (κ1) is 13.3. The summed E-state index contributed by atoms with van der Waals surface area (Å²) in [7, 11) is 0. The van der Waals surface area contributed by atoms with Crippen LogP contribution in [-0.4, -0.2) is 10.9 Å². The van der Waals surface area contributed by atoms with E-state index in [2.05, 4.69) is 10.3 Å². The van der Waals surface area contributed by atoms with E-state index in [0.29, 0.717) is 16.5 Å². The number of benzene rings is 2. The molecule has 0 saturated heterocycles. The zero-order chi connectivity index (χ0) is 14.7. The van der Waals surface area contributed by atoms with Crippen molar-refractivity contribution in [1.29, 1.82) is 0 Å². The molecule has 3 aromatic rings. The van der Waals surface area contributed by atoms with E-state index < -0.39 is 0 Å². The van der Waals surface area contributed by atoms with Crippen LogP contribution in [0.4, 0.5) is 10.9 Å². The largest absolute Gasteiger partial charge is 0.375 e. The second kappa shape index (κ2) is 5.76. The van der Waals surface area contributed by atoms with E-state index in [1.807, 2.05) is 42.5 Å². The molecule has 0 aliphatic rings. The van der Waals surface area contributed by atoms with Crippen molar-refractivity contribution >= 4 is 28.2 Å². The maximum absolute atomic E-state index is 12.1. The van der Waals surface area contributed by atoms with Gasteiger partial charge in [0.15, 0.2) is 5.13 Å². The molecule has 3 N–H and O–H groups in total. The van der Waals surface area contributed by atoms with E-state index in [1.165, 1.54) is 11.3 Å². The lowest BCUT2D eigenvalue weighted by atomic mass is 10.0. The Kier molecular flexibility index (Phi) is 3.66. The molecule has 0 fully saturated rings. The minimum Gasteiger partial charge on any atom is -0.375 e. The van der Waals surface area contributed by atoms with Gasteiger partial charge in [-0.05, 0) is 23.3 Å². The number of rotatable bonds is 3. The van der Waals surface area contributed by atoms with Crippen LogP contribution in [0.5, 0.6) is 0 Å². The van der Waals surface area contributed by atoms with Gasteiger partial charge >= 0.3 is 0 Å². The highest BCUT2D eigenvalue weighted by atomic mass is 32.1. The number of nitrogens with zero attached hydrogens (tertiary/aromatic N) is 1. The van der Waals surface area contributed by atoms with Crippen LogP contribution in [0, 0.1) is 0 Å². The van der Waals surface area contributed by atoms with Crippen LogP contribution in [0.2, 0.25) is 0 Å². The molecule has 0 atom stereocenters. The first-order valence-corrected chi connectivity index (χ1v) is 7.28. The number of aromatic nitrogens is 1. The van der Waals surface area contributed by atoms with Crippen molar-refractivity contribution in [2.45, 2.75) is 0 Å². The Balaban J connectivity index is 1.76. The molecule has 1 aromatic heterocycles. The molecule has 0 aliphatic carbocycles. The molecule has 0 saturated carbocycles. The van der Waals surface area contributed by atoms with Gasteiger partial charge in [-0.1, -0.05) is 42.5 Å². The third-order valence-corrected chi connectivity index (χ3v) is 3.69. The van der Waals surface area contributed by atoms with Crippen molar-refractivity contribution in [1.82, 2.24) is 4.98 Å². The fourth-order valence-electron chi connectivity index (χ4n) is 1.98. The fourth-order valence-corrected chi connectivity index (χ4v) is 2.47. The molecule has 104 valence electrons. The van der Waals surface area contributed by atoms with Crippen LogP contribution in [-0.2, 0) is 0 Å². The Morgan fingerprint density at radius 2 is 1.67 bits per heavy atom. The summed E-state index contributed by atoms with van der Waals surface area (Å²) < 4.78 is 0. The van der Waals surface area contributed by atoms with E-state index in [4.69, 9.17) is 5.73 Å². The van der Waals surface area contributed by atoms with Crippen molar-refractivity contribution in [2.75, 3.05) is 11.1 Å². The van der Waals surface area contributed by atoms with Gasteiger partial charge in [-0.3, -0.25) is 4.79 Å². The Morgan fingerprint density at radius 3 is 2.29 bits per heavy atom. The normalized spacial score (nSPS) is 10.3. The van der Waals surface area contributed by atoms with E-state index >= 15 is 0 Å². The summed E-state index contributed by atoms with van der Waals surface area (Å²) in [6.07, 6.45) is 0. The quantitative estimate of drug-likeness (QED) is 0.775. The Labute approximate surface area is 126 Å². The Morgan fingerprint density at radius 1 is 1.00 bits per heavy atom. The van der Waals surface area contributed by atoms with Crippen LogP contribution < -0.4 is 11.1 Å². The SMILES string of the molecule is Nc1nc(NC(=O)c2ccc(-c3ccccc3)cc2)cs1. The van der Waals surface area contributed by atoms with Crippen LogP contribution in [0.1, 0.15) is 10.4 Å². The maximum Gasteiger partial charge on any atom is 0.256 e. The summed E-state index contributed by atoms with van der Waals surface area (Å²) >= 11 is 1.29. The molecule has 3 rings (SSSR count). The van der Waals surface area contributed by atoms with Gasteiger partial charge in [0.2, 0.25) is 0 Å². The van der Waals surface area contributed by atoms with Gasteiger partial charge in [-0.25, -0.2) is 4.98 Å². The van der Waals surface area contributed by atoms with Crippen molar-refractivity contribution in [2.24, 2.45) is 0 Å². The van der Waals surface area contributed by atoms with E-state index in [-0.39, 0.29) is 5.91 Å². The lowest BCUT2D eigenvalue weighted by molar-refractivity contribution is 0.102. The van der Waals surface area contributed by atoms with Gasteiger partial charge in [0, 0.05) is 10.9 Å². The zero-order valence-electron chi connectivity index (χ0n) is 11.1. The van der Waals surface area contributed by atoms with Crippen LogP contribution in [0.15, 0.2) is 60.0 Å². The number of nitrogen functional groups attached to an aromatic ring is 1. The van der Waals surface area contributed by atoms with Gasteiger partial charge in [0.05, 0.1) is 0 Å². The van der Waals surface area contributed by atoms with Crippen molar-refractivity contribution < 1.29 is 4.79 Å². The van der Waals surface area contributed by atoms with Crippen LogP contribution in [0.25, 0.3) is 11.1 Å². The molecule has 0 aliphatic heterocycles. The van der Waals surface area contributed by atoms with Crippen molar-refractivity contribution in [3.8, 4) is 11.1 Å². The minimum atomic E-state index is -0.195. The first-order chi connectivity index (χ1) is 10.2. The highest BCUT2D eigenvalue weighted by Crippen LogP contribution is 2.20. The number of nitrogens with one attached hydrogen (secondary N) is 1. The van der Waals surface area contributed by atoms with E-state index in [0.717, 1.165) is 11.1 Å². The van der Waals surface area contributed by atoms with Crippen molar-refractivity contribution in [3.05, 3.63) is 65.5 Å². The molecule has 4 nitrogen and oxygen atoms in total. The van der Waals surface area contributed by atoms with E-state index in [1.54, 1.807) is 17.5 Å². The highest BCUT2D eigenvalue weighted by molar-refractivity contribution is 7.13. The summed E-state index contributed by atoms with van der Waals surface area (Å²) in [5, 5.41) is 4.87. The van der Waals surface area contributed by atoms with E-state index in [9.17, 15) is 4.79 Å². The van der Waals surface area contributed by atoms with Crippen LogP contribution in [0.3, 0.4) is 0 Å². The number of nitrogens with two attached hydrogens (primary N) is 1. The molecular formula is C16H13N3OS. The third kappa shape index (κ3) is 3.09. The minimum absolute atomic E-state index is 0.195. The Bertz CT molecular complexity index is 751. The Hall–Kier alpha value is -2.66. The summed E-state index contributed by atoms with van der Waals surface area (Å²) in [5.41, 5.74) is 8.31. The smallest absolute Gasteiger partial charge is 0.256 e. The maximum atomic E-state index is 12.1. The molecular weight excluding hydrogens is 282 g/mol. The molecule has 0 unspecified atom stereocenters. The second-order valence-electron chi connectivity index (χ2n) is 4.47.